The molecule has 6 nitrogen and oxygen atoms in total. The molecule has 0 amide bonds. The first kappa shape index (κ1) is 23.9. The van der Waals surface area contributed by atoms with E-state index in [1.165, 1.54) is 49.1 Å². The molecule has 1 rings (SSSR count). The molecular weight excluding hydrogens is 439 g/mol. The van der Waals surface area contributed by atoms with Crippen LogP contribution in [0, 0.1) is 5.92 Å². The van der Waals surface area contributed by atoms with Crippen molar-refractivity contribution in [3.05, 3.63) is 0 Å². The van der Waals surface area contributed by atoms with Gasteiger partial charge >= 0.3 is 0 Å². The van der Waals surface area contributed by atoms with Crippen LogP contribution < -0.4 is 10.6 Å². The third-order valence-electron chi connectivity index (χ3n) is 4.48. The number of hydrogen-bond donors (Lipinski definition) is 2. The smallest absolute Gasteiger partial charge is 0.211 e. The SMILES string of the molecule is CCN(CCCNC(=NC)NCCCC1CCCC1)S(C)(=O)=O.I. The van der Waals surface area contributed by atoms with Crippen molar-refractivity contribution in [1.29, 1.82) is 0 Å². The zero-order valence-electron chi connectivity index (χ0n) is 15.4. The van der Waals surface area contributed by atoms with E-state index in [-0.39, 0.29) is 24.0 Å². The number of halogens is 1. The summed E-state index contributed by atoms with van der Waals surface area (Å²) in [5, 5.41) is 6.58. The topological polar surface area (TPSA) is 73.8 Å². The van der Waals surface area contributed by atoms with Crippen molar-refractivity contribution in [1.82, 2.24) is 14.9 Å². The van der Waals surface area contributed by atoms with Crippen LogP contribution in [-0.4, -0.2) is 58.2 Å². The van der Waals surface area contributed by atoms with Gasteiger partial charge in [-0.3, -0.25) is 4.99 Å². The Balaban J connectivity index is 0.00000529. The summed E-state index contributed by atoms with van der Waals surface area (Å²) >= 11 is 0. The van der Waals surface area contributed by atoms with E-state index in [4.69, 9.17) is 0 Å². The summed E-state index contributed by atoms with van der Waals surface area (Å²) in [5.74, 6) is 1.74. The van der Waals surface area contributed by atoms with Gasteiger partial charge < -0.3 is 10.6 Å². The lowest BCUT2D eigenvalue weighted by Gasteiger charge is -2.18. The molecule has 24 heavy (non-hydrogen) atoms. The molecule has 0 aromatic rings. The second-order valence-electron chi connectivity index (χ2n) is 6.33. The van der Waals surface area contributed by atoms with Crippen molar-refractivity contribution in [2.75, 3.05) is 39.5 Å². The molecule has 1 saturated carbocycles. The first-order valence-corrected chi connectivity index (χ1v) is 10.7. The van der Waals surface area contributed by atoms with Gasteiger partial charge in [-0.05, 0) is 25.2 Å². The first-order valence-electron chi connectivity index (χ1n) is 8.87. The zero-order valence-corrected chi connectivity index (χ0v) is 18.5. The molecule has 1 aliphatic carbocycles. The monoisotopic (exact) mass is 474 g/mol. The third-order valence-corrected chi connectivity index (χ3v) is 5.86. The van der Waals surface area contributed by atoms with Gasteiger partial charge in [0.05, 0.1) is 6.26 Å². The van der Waals surface area contributed by atoms with E-state index in [2.05, 4.69) is 15.6 Å². The number of rotatable bonds is 10. The van der Waals surface area contributed by atoms with Crippen molar-refractivity contribution in [3.8, 4) is 0 Å². The van der Waals surface area contributed by atoms with Crippen LogP contribution in [0.2, 0.25) is 0 Å². The van der Waals surface area contributed by atoms with Crippen molar-refractivity contribution in [2.24, 2.45) is 10.9 Å². The van der Waals surface area contributed by atoms with Crippen LogP contribution in [-0.2, 0) is 10.0 Å². The second kappa shape index (κ2) is 13.2. The van der Waals surface area contributed by atoms with Crippen LogP contribution >= 0.6 is 24.0 Å². The molecular formula is C16H35IN4O2S. The Bertz CT molecular complexity index is 451. The summed E-state index contributed by atoms with van der Waals surface area (Å²) < 4.78 is 24.5. The lowest BCUT2D eigenvalue weighted by atomic mass is 10.0. The van der Waals surface area contributed by atoms with E-state index < -0.39 is 10.0 Å². The molecule has 0 aromatic heterocycles. The Morgan fingerprint density at radius 3 is 2.25 bits per heavy atom. The van der Waals surface area contributed by atoms with Gasteiger partial charge in [-0.25, -0.2) is 12.7 Å². The van der Waals surface area contributed by atoms with E-state index in [1.54, 1.807) is 7.05 Å². The maximum absolute atomic E-state index is 11.5. The fourth-order valence-corrected chi connectivity index (χ4v) is 4.07. The van der Waals surface area contributed by atoms with Gasteiger partial charge in [0.1, 0.15) is 0 Å². The highest BCUT2D eigenvalue weighted by molar-refractivity contribution is 14.0. The van der Waals surface area contributed by atoms with E-state index in [0.29, 0.717) is 19.6 Å². The number of guanidine groups is 1. The van der Waals surface area contributed by atoms with E-state index in [0.717, 1.165) is 24.8 Å². The Morgan fingerprint density at radius 1 is 1.17 bits per heavy atom. The number of hydrogen-bond acceptors (Lipinski definition) is 3. The minimum atomic E-state index is -3.09. The highest BCUT2D eigenvalue weighted by Gasteiger charge is 2.14. The molecule has 0 atom stereocenters. The predicted octanol–water partition coefficient (Wildman–Crippen LogP) is 2.41. The fourth-order valence-electron chi connectivity index (χ4n) is 3.14. The van der Waals surface area contributed by atoms with Crippen molar-refractivity contribution < 1.29 is 8.42 Å². The summed E-state index contributed by atoms with van der Waals surface area (Å²) in [6, 6.07) is 0. The van der Waals surface area contributed by atoms with Crippen molar-refractivity contribution in [2.45, 2.75) is 51.9 Å². The zero-order chi connectivity index (χ0) is 17.1. The maximum atomic E-state index is 11.5. The third kappa shape index (κ3) is 10.0. The predicted molar refractivity (Wildman–Crippen MR) is 113 cm³/mol. The van der Waals surface area contributed by atoms with Crippen LogP contribution in [0.5, 0.6) is 0 Å². The Morgan fingerprint density at radius 2 is 1.75 bits per heavy atom. The normalized spacial score (nSPS) is 16.2. The summed E-state index contributed by atoms with van der Waals surface area (Å²) in [6.07, 6.45) is 10.1. The molecule has 0 unspecified atom stereocenters. The number of nitrogens with one attached hydrogen (secondary N) is 2. The number of sulfonamides is 1. The lowest BCUT2D eigenvalue weighted by molar-refractivity contribution is 0.424. The van der Waals surface area contributed by atoms with Crippen LogP contribution in [0.15, 0.2) is 4.99 Å². The van der Waals surface area contributed by atoms with Crippen molar-refractivity contribution in [3.63, 3.8) is 0 Å². The molecule has 0 aliphatic heterocycles. The average molecular weight is 474 g/mol. The quantitative estimate of drug-likeness (QED) is 0.221. The Labute approximate surface area is 165 Å². The largest absolute Gasteiger partial charge is 0.356 e. The highest BCUT2D eigenvalue weighted by Crippen LogP contribution is 2.28. The summed E-state index contributed by atoms with van der Waals surface area (Å²) in [7, 11) is -1.32. The molecule has 144 valence electrons. The fraction of sp³-hybridized carbons (Fsp3) is 0.938. The summed E-state index contributed by atoms with van der Waals surface area (Å²) in [6.45, 7) is 4.59. The van der Waals surface area contributed by atoms with Gasteiger partial charge in [0, 0.05) is 33.2 Å². The Hall–Kier alpha value is -0.0900. The van der Waals surface area contributed by atoms with Gasteiger partial charge in [-0.1, -0.05) is 32.6 Å². The van der Waals surface area contributed by atoms with E-state index in [9.17, 15) is 8.42 Å². The molecule has 0 radical (unpaired) electrons. The van der Waals surface area contributed by atoms with Gasteiger partial charge in [0.15, 0.2) is 5.96 Å². The minimum Gasteiger partial charge on any atom is -0.356 e. The van der Waals surface area contributed by atoms with Crippen LogP contribution in [0.1, 0.15) is 51.9 Å². The van der Waals surface area contributed by atoms with E-state index >= 15 is 0 Å². The molecule has 2 N–H and O–H groups in total. The summed E-state index contributed by atoms with van der Waals surface area (Å²) in [5.41, 5.74) is 0. The van der Waals surface area contributed by atoms with Crippen LogP contribution in [0.25, 0.3) is 0 Å². The molecule has 1 aliphatic rings. The summed E-state index contributed by atoms with van der Waals surface area (Å²) in [4.78, 5) is 4.21. The number of nitrogens with zero attached hydrogens (tertiary/aromatic N) is 2. The van der Waals surface area contributed by atoms with Gasteiger partial charge in [0.2, 0.25) is 10.0 Å². The van der Waals surface area contributed by atoms with Gasteiger partial charge in [-0.15, -0.1) is 24.0 Å². The highest BCUT2D eigenvalue weighted by atomic mass is 127. The maximum Gasteiger partial charge on any atom is 0.211 e. The standard InChI is InChI=1S/C16H34N4O2S.HI/c1-4-20(23(3,21)22)14-8-13-19-16(17-2)18-12-7-11-15-9-5-6-10-15;/h15H,4-14H2,1-3H3,(H2,17,18,19);1H. The molecule has 0 saturated heterocycles. The lowest BCUT2D eigenvalue weighted by Crippen LogP contribution is -2.39. The molecule has 0 bridgehead atoms. The number of aliphatic imine (C=N–C) groups is 1. The van der Waals surface area contributed by atoms with Crippen molar-refractivity contribution >= 4 is 40.0 Å². The van der Waals surface area contributed by atoms with Crippen LogP contribution in [0.3, 0.4) is 0 Å². The Kier molecular flexibility index (Phi) is 13.1. The first-order chi connectivity index (χ1) is 11.0. The molecule has 0 aromatic carbocycles. The molecule has 1 fully saturated rings. The van der Waals surface area contributed by atoms with Gasteiger partial charge in [0.25, 0.3) is 0 Å². The minimum absolute atomic E-state index is 0. The molecule has 0 spiro atoms. The molecule has 0 heterocycles. The van der Waals surface area contributed by atoms with Crippen LogP contribution in [0.4, 0.5) is 0 Å². The average Bonchev–Trinajstić information content (AvgIpc) is 3.01. The molecule has 8 heteroatoms. The van der Waals surface area contributed by atoms with Gasteiger partial charge in [-0.2, -0.15) is 0 Å². The second-order valence-corrected chi connectivity index (χ2v) is 8.31. The van der Waals surface area contributed by atoms with E-state index in [1.807, 2.05) is 6.92 Å².